The van der Waals surface area contributed by atoms with Crippen molar-refractivity contribution < 1.29 is 24.9 Å². The maximum atomic E-state index is 10.7. The summed E-state index contributed by atoms with van der Waals surface area (Å²) in [4.78, 5) is 14.6. The van der Waals surface area contributed by atoms with Crippen molar-refractivity contribution in [3.05, 3.63) is 0 Å². The molecule has 12 heteroatoms. The Balaban J connectivity index is 1.59. The van der Waals surface area contributed by atoms with Crippen molar-refractivity contribution in [1.29, 1.82) is 0 Å². The molecule has 0 aromatic carbocycles. The van der Waals surface area contributed by atoms with Gasteiger partial charge in [0.15, 0.2) is 0 Å². The largest absolute Gasteiger partial charge is 0.481 e. The number of aliphatic hydroxyl groups is 2. The van der Waals surface area contributed by atoms with E-state index in [9.17, 15) is 15.0 Å². The molecule has 0 aromatic heterocycles. The van der Waals surface area contributed by atoms with Crippen LogP contribution in [0, 0.1) is 0 Å². The van der Waals surface area contributed by atoms with E-state index in [1.54, 1.807) is 0 Å². The van der Waals surface area contributed by atoms with Gasteiger partial charge in [-0.2, -0.15) is 0 Å². The number of ether oxygens (including phenoxy) is 1. The Morgan fingerprint density at radius 2 is 2.00 bits per heavy atom. The molecule has 12 nitrogen and oxygen atoms in total. The molecule has 0 bridgehead atoms. The smallest absolute Gasteiger partial charge is 0.303 e. The molecule has 0 radical (unpaired) electrons. The number of hydrogen-bond donors (Lipinski definition) is 8. The molecular formula is C16H33N7O5. The Labute approximate surface area is 164 Å². The van der Waals surface area contributed by atoms with Crippen molar-refractivity contribution in [2.24, 2.45) is 11.5 Å². The van der Waals surface area contributed by atoms with Crippen molar-refractivity contribution in [3.63, 3.8) is 0 Å². The Hall–Kier alpha value is -0.930. The predicted octanol–water partition coefficient (Wildman–Crippen LogP) is -4.45. The van der Waals surface area contributed by atoms with E-state index in [2.05, 4.69) is 16.0 Å². The van der Waals surface area contributed by atoms with E-state index < -0.39 is 30.5 Å². The number of nitrogens with one attached hydrogen (secondary N) is 3. The first-order valence-electron chi connectivity index (χ1n) is 9.79. The van der Waals surface area contributed by atoms with Crippen LogP contribution in [0.1, 0.15) is 12.8 Å². The van der Waals surface area contributed by atoms with Crippen molar-refractivity contribution in [2.45, 2.75) is 55.8 Å². The van der Waals surface area contributed by atoms with Gasteiger partial charge in [-0.1, -0.05) is 0 Å². The van der Waals surface area contributed by atoms with Crippen LogP contribution in [0.3, 0.4) is 0 Å². The summed E-state index contributed by atoms with van der Waals surface area (Å²) in [6.45, 7) is 2.90. The van der Waals surface area contributed by atoms with Crippen LogP contribution in [0.15, 0.2) is 0 Å². The van der Waals surface area contributed by atoms with E-state index in [4.69, 9.17) is 21.3 Å². The highest BCUT2D eigenvalue weighted by Gasteiger charge is 2.51. The molecule has 0 saturated carbocycles. The third-order valence-electron chi connectivity index (χ3n) is 5.66. The zero-order chi connectivity index (χ0) is 20.3. The molecule has 0 aromatic rings. The number of carboxylic acids is 1. The third kappa shape index (κ3) is 4.79. The van der Waals surface area contributed by atoms with Gasteiger partial charge in [0.05, 0.1) is 25.0 Å². The zero-order valence-electron chi connectivity index (χ0n) is 15.9. The van der Waals surface area contributed by atoms with Gasteiger partial charge in [-0.3, -0.25) is 25.6 Å². The van der Waals surface area contributed by atoms with Gasteiger partial charge in [0, 0.05) is 32.7 Å². The highest BCUT2D eigenvalue weighted by Crippen LogP contribution is 2.28. The predicted molar refractivity (Wildman–Crippen MR) is 99.6 cm³/mol. The molecule has 3 aliphatic heterocycles. The van der Waals surface area contributed by atoms with Gasteiger partial charge in [0.1, 0.15) is 24.5 Å². The van der Waals surface area contributed by atoms with Crippen molar-refractivity contribution >= 4 is 5.97 Å². The second-order valence-corrected chi connectivity index (χ2v) is 7.59. The molecule has 3 saturated heterocycles. The zero-order valence-corrected chi connectivity index (χ0v) is 15.9. The average Bonchev–Trinajstić information content (AvgIpc) is 3.19. The summed E-state index contributed by atoms with van der Waals surface area (Å²) in [6, 6.07) is -0.0366. The molecule has 7 atom stereocenters. The lowest BCUT2D eigenvalue weighted by Gasteiger charge is -2.38. The first-order valence-corrected chi connectivity index (χ1v) is 9.79. The van der Waals surface area contributed by atoms with E-state index in [1.807, 2.05) is 9.80 Å². The fourth-order valence-corrected chi connectivity index (χ4v) is 4.19. The lowest BCUT2D eigenvalue weighted by atomic mass is 10.1. The van der Waals surface area contributed by atoms with Gasteiger partial charge in [0.2, 0.25) is 0 Å². The molecule has 3 heterocycles. The molecule has 3 rings (SSSR count). The fraction of sp³-hybridized carbons (Fsp3) is 0.938. The maximum Gasteiger partial charge on any atom is 0.303 e. The van der Waals surface area contributed by atoms with Gasteiger partial charge in [-0.25, -0.2) is 4.90 Å². The molecule has 0 amide bonds. The van der Waals surface area contributed by atoms with E-state index in [0.29, 0.717) is 45.9 Å². The Bertz CT molecular complexity index is 530. The summed E-state index contributed by atoms with van der Waals surface area (Å²) in [5.41, 5.74) is 11.7. The molecule has 0 aliphatic carbocycles. The lowest BCUT2D eigenvalue weighted by molar-refractivity contribution is -0.137. The molecule has 28 heavy (non-hydrogen) atoms. The first kappa shape index (κ1) is 21.8. The summed E-state index contributed by atoms with van der Waals surface area (Å²) in [5.74, 6) is -0.843. The maximum absolute atomic E-state index is 10.7. The third-order valence-corrected chi connectivity index (χ3v) is 5.66. The quantitative estimate of drug-likeness (QED) is 0.185. The van der Waals surface area contributed by atoms with E-state index in [1.165, 1.54) is 0 Å². The van der Waals surface area contributed by atoms with Crippen LogP contribution < -0.4 is 27.4 Å². The Morgan fingerprint density at radius 1 is 1.21 bits per heavy atom. The molecule has 10 N–H and O–H groups in total. The van der Waals surface area contributed by atoms with Gasteiger partial charge >= 0.3 is 5.97 Å². The van der Waals surface area contributed by atoms with Crippen LogP contribution in [0.4, 0.5) is 0 Å². The van der Waals surface area contributed by atoms with Crippen molar-refractivity contribution in [3.8, 4) is 0 Å². The number of nitrogens with zero attached hydrogens (tertiary/aromatic N) is 2. The lowest BCUT2D eigenvalue weighted by Crippen LogP contribution is -2.68. The number of hydrogen-bond acceptors (Lipinski definition) is 11. The summed E-state index contributed by atoms with van der Waals surface area (Å²) < 4.78 is 6.04. The summed E-state index contributed by atoms with van der Waals surface area (Å²) in [5, 5.41) is 39.7. The number of carboxylic acid groups (broad SMARTS) is 1. The Morgan fingerprint density at radius 3 is 2.71 bits per heavy atom. The van der Waals surface area contributed by atoms with E-state index >= 15 is 0 Å². The summed E-state index contributed by atoms with van der Waals surface area (Å²) in [7, 11) is 0. The van der Waals surface area contributed by atoms with Crippen LogP contribution in [0.2, 0.25) is 0 Å². The molecule has 3 unspecified atom stereocenters. The topological polar surface area (TPSA) is 182 Å². The molecule has 3 aliphatic rings. The normalized spacial score (nSPS) is 38.8. The van der Waals surface area contributed by atoms with Gasteiger partial charge < -0.3 is 31.5 Å². The van der Waals surface area contributed by atoms with Crippen molar-refractivity contribution in [1.82, 2.24) is 25.8 Å². The number of nitrogens with two attached hydrogens (primary N) is 2. The minimum Gasteiger partial charge on any atom is -0.481 e. The molecule has 162 valence electrons. The molecule has 0 spiro atoms. The average molecular weight is 403 g/mol. The van der Waals surface area contributed by atoms with Crippen LogP contribution in [0.5, 0.6) is 0 Å². The van der Waals surface area contributed by atoms with Crippen LogP contribution in [-0.2, 0) is 9.53 Å². The summed E-state index contributed by atoms with van der Waals surface area (Å²) >= 11 is 0. The van der Waals surface area contributed by atoms with Crippen LogP contribution >= 0.6 is 0 Å². The SMILES string of the molecule is NCCN(CCCC(=O)O)C[C@H]1O[C@@H](N2CNC3C(N)NCNC32)[C@H](O)[C@@H]1O. The van der Waals surface area contributed by atoms with E-state index in [-0.39, 0.29) is 24.8 Å². The van der Waals surface area contributed by atoms with E-state index in [0.717, 1.165) is 0 Å². The molecular weight excluding hydrogens is 370 g/mol. The fourth-order valence-electron chi connectivity index (χ4n) is 4.19. The second kappa shape index (κ2) is 9.71. The number of carbonyl (C=O) groups is 1. The number of aliphatic carboxylic acids is 1. The standard InChI is InChI=1S/C16H33N7O5/c17-3-5-22(4-1-2-10(24)25)6-9-12(26)13(27)16(28-9)23-8-21-11-14(18)19-7-20-15(11)23/h9,11-16,19-21,26-27H,1-8,17-18H2,(H,24,25)/t9-,11?,12-,13-,14?,15?,16-/m1/s1. The highest BCUT2D eigenvalue weighted by molar-refractivity contribution is 5.66. The summed E-state index contributed by atoms with van der Waals surface area (Å²) in [6.07, 6.45) is -3.13. The minimum atomic E-state index is -1.06. The molecule has 3 fully saturated rings. The van der Waals surface area contributed by atoms with Crippen molar-refractivity contribution in [2.75, 3.05) is 39.5 Å². The number of aliphatic hydroxyl groups excluding tert-OH is 2. The monoisotopic (exact) mass is 403 g/mol. The first-order chi connectivity index (χ1) is 13.4. The number of rotatable bonds is 9. The van der Waals surface area contributed by atoms with Crippen LogP contribution in [-0.4, -0.2) is 114 Å². The van der Waals surface area contributed by atoms with Gasteiger partial charge in [-0.05, 0) is 13.0 Å². The minimum absolute atomic E-state index is 0.0366. The van der Waals surface area contributed by atoms with Crippen LogP contribution in [0.25, 0.3) is 0 Å². The second-order valence-electron chi connectivity index (χ2n) is 7.59. The van der Waals surface area contributed by atoms with Gasteiger partial charge in [-0.15, -0.1) is 0 Å². The number of fused-ring (bicyclic) bond motifs is 1. The highest BCUT2D eigenvalue weighted by atomic mass is 16.6. The Kier molecular flexibility index (Phi) is 7.55. The van der Waals surface area contributed by atoms with Gasteiger partial charge in [0.25, 0.3) is 0 Å².